The maximum Gasteiger partial charge on any atom is 0.267 e. The topological polar surface area (TPSA) is 114 Å². The minimum Gasteiger partial charge on any atom is -0.364 e. The monoisotopic (exact) mass is 291 g/mol. The molecule has 1 aromatic rings. The highest BCUT2D eigenvalue weighted by molar-refractivity contribution is 5.91. The van der Waals surface area contributed by atoms with E-state index in [1.165, 1.54) is 0 Å². The maximum absolute atomic E-state index is 12.0. The Morgan fingerprint density at radius 1 is 1.43 bits per heavy atom. The summed E-state index contributed by atoms with van der Waals surface area (Å²) in [5.74, 6) is 0.0780. The molecule has 0 bridgehead atoms. The van der Waals surface area contributed by atoms with E-state index in [0.29, 0.717) is 25.5 Å². The van der Waals surface area contributed by atoms with Gasteiger partial charge in [0.05, 0.1) is 5.92 Å². The Kier molecular flexibility index (Phi) is 5.10. The molecule has 7 nitrogen and oxygen atoms in total. The average Bonchev–Trinajstić information content (AvgIpc) is 2.52. The highest BCUT2D eigenvalue weighted by Crippen LogP contribution is 2.22. The van der Waals surface area contributed by atoms with Crippen LogP contribution in [0.25, 0.3) is 0 Å². The number of pyridine rings is 1. The van der Waals surface area contributed by atoms with Crippen LogP contribution in [0.2, 0.25) is 0 Å². The van der Waals surface area contributed by atoms with Crippen LogP contribution in [-0.4, -0.2) is 43.0 Å². The van der Waals surface area contributed by atoms with Gasteiger partial charge in [0.25, 0.3) is 5.91 Å². The van der Waals surface area contributed by atoms with Crippen LogP contribution in [0.4, 0.5) is 5.82 Å². The van der Waals surface area contributed by atoms with Crippen molar-refractivity contribution in [2.45, 2.75) is 12.8 Å². The van der Waals surface area contributed by atoms with Crippen molar-refractivity contribution in [1.29, 1.82) is 0 Å². The van der Waals surface area contributed by atoms with Crippen LogP contribution in [0.15, 0.2) is 18.2 Å². The van der Waals surface area contributed by atoms with Crippen molar-refractivity contribution in [3.8, 4) is 0 Å². The highest BCUT2D eigenvalue weighted by atomic mass is 16.2. The Balaban J connectivity index is 2.05. The summed E-state index contributed by atoms with van der Waals surface area (Å²) >= 11 is 0. The summed E-state index contributed by atoms with van der Waals surface area (Å²) < 4.78 is 0. The fourth-order valence-electron chi connectivity index (χ4n) is 2.48. The third-order valence-corrected chi connectivity index (χ3v) is 3.55. The van der Waals surface area contributed by atoms with Crippen LogP contribution in [0.3, 0.4) is 0 Å². The fraction of sp³-hybridized carbons (Fsp3) is 0.500. The number of primary amides is 1. The Morgan fingerprint density at radius 3 is 2.95 bits per heavy atom. The zero-order valence-electron chi connectivity index (χ0n) is 11.9. The van der Waals surface area contributed by atoms with Gasteiger partial charge in [0.15, 0.2) is 0 Å². The number of nitrogens with two attached hydrogens (primary N) is 2. The standard InChI is InChI=1S/C14H21N5O2/c15-6-7-17-14(21)10-3-2-8-19(9-10)12-5-1-4-11(18-12)13(16)20/h1,4-5,10H,2-3,6-9,15H2,(H2,16,20)(H,17,21). The van der Waals surface area contributed by atoms with E-state index >= 15 is 0 Å². The lowest BCUT2D eigenvalue weighted by molar-refractivity contribution is -0.125. The average molecular weight is 291 g/mol. The predicted molar refractivity (Wildman–Crippen MR) is 79.8 cm³/mol. The third kappa shape index (κ3) is 3.91. The lowest BCUT2D eigenvalue weighted by Gasteiger charge is -2.33. The number of carbonyl (C=O) groups is 2. The molecule has 1 aliphatic heterocycles. The number of anilines is 1. The summed E-state index contributed by atoms with van der Waals surface area (Å²) in [7, 11) is 0. The zero-order valence-corrected chi connectivity index (χ0v) is 11.9. The second kappa shape index (κ2) is 7.03. The van der Waals surface area contributed by atoms with Gasteiger partial charge in [0.2, 0.25) is 5.91 Å². The second-order valence-electron chi connectivity index (χ2n) is 5.11. The first-order valence-electron chi connectivity index (χ1n) is 7.11. The van der Waals surface area contributed by atoms with Crippen LogP contribution in [-0.2, 0) is 4.79 Å². The summed E-state index contributed by atoms with van der Waals surface area (Å²) in [5, 5.41) is 2.82. The summed E-state index contributed by atoms with van der Waals surface area (Å²) in [6.07, 6.45) is 1.76. The Hall–Kier alpha value is -2.15. The zero-order chi connectivity index (χ0) is 15.2. The fourth-order valence-corrected chi connectivity index (χ4v) is 2.48. The van der Waals surface area contributed by atoms with E-state index in [0.717, 1.165) is 19.4 Å². The van der Waals surface area contributed by atoms with Gasteiger partial charge < -0.3 is 21.7 Å². The molecule has 1 unspecified atom stereocenters. The molecule has 5 N–H and O–H groups in total. The third-order valence-electron chi connectivity index (χ3n) is 3.55. The number of piperidine rings is 1. The van der Waals surface area contributed by atoms with Crippen molar-refractivity contribution >= 4 is 17.6 Å². The number of nitrogens with one attached hydrogen (secondary N) is 1. The molecule has 1 aliphatic rings. The highest BCUT2D eigenvalue weighted by Gasteiger charge is 2.26. The summed E-state index contributed by atoms with van der Waals surface area (Å²) in [5.41, 5.74) is 10.9. The Morgan fingerprint density at radius 2 is 2.24 bits per heavy atom. The lowest BCUT2D eigenvalue weighted by Crippen LogP contribution is -2.44. The van der Waals surface area contributed by atoms with Gasteiger partial charge in [-0.25, -0.2) is 4.98 Å². The molecule has 2 rings (SSSR count). The quantitative estimate of drug-likeness (QED) is 0.675. The van der Waals surface area contributed by atoms with E-state index in [1.54, 1.807) is 12.1 Å². The molecule has 0 aliphatic carbocycles. The minimum absolute atomic E-state index is 0.0243. The van der Waals surface area contributed by atoms with E-state index in [2.05, 4.69) is 10.3 Å². The molecule has 21 heavy (non-hydrogen) atoms. The van der Waals surface area contributed by atoms with Crippen LogP contribution in [0.1, 0.15) is 23.3 Å². The molecule has 114 valence electrons. The number of aromatic nitrogens is 1. The molecule has 1 saturated heterocycles. The van der Waals surface area contributed by atoms with Crippen molar-refractivity contribution in [1.82, 2.24) is 10.3 Å². The largest absolute Gasteiger partial charge is 0.364 e. The SMILES string of the molecule is NCCNC(=O)C1CCCN(c2cccc(C(N)=O)n2)C1. The molecule has 1 atom stereocenters. The van der Waals surface area contributed by atoms with Crippen LogP contribution in [0.5, 0.6) is 0 Å². The number of amides is 2. The van der Waals surface area contributed by atoms with Gasteiger partial charge in [-0.05, 0) is 25.0 Å². The molecule has 0 spiro atoms. The molecular weight excluding hydrogens is 270 g/mol. The van der Waals surface area contributed by atoms with Gasteiger partial charge in [-0.15, -0.1) is 0 Å². The van der Waals surface area contributed by atoms with Gasteiger partial charge in [0, 0.05) is 26.2 Å². The normalized spacial score (nSPS) is 18.3. The Labute approximate surface area is 123 Å². The van der Waals surface area contributed by atoms with E-state index < -0.39 is 5.91 Å². The van der Waals surface area contributed by atoms with Gasteiger partial charge in [-0.2, -0.15) is 0 Å². The summed E-state index contributed by atoms with van der Waals surface area (Å²) in [4.78, 5) is 29.5. The number of carbonyl (C=O) groups excluding carboxylic acids is 2. The molecule has 1 fully saturated rings. The molecular formula is C14H21N5O2. The number of hydrogen-bond acceptors (Lipinski definition) is 5. The molecule has 2 heterocycles. The first-order chi connectivity index (χ1) is 10.1. The van der Waals surface area contributed by atoms with E-state index in [4.69, 9.17) is 11.5 Å². The van der Waals surface area contributed by atoms with Crippen molar-refractivity contribution in [2.75, 3.05) is 31.1 Å². The van der Waals surface area contributed by atoms with Crippen LogP contribution < -0.4 is 21.7 Å². The van der Waals surface area contributed by atoms with Crippen molar-refractivity contribution in [3.63, 3.8) is 0 Å². The predicted octanol–water partition coefficient (Wildman–Crippen LogP) is -0.528. The van der Waals surface area contributed by atoms with Crippen LogP contribution in [0, 0.1) is 5.92 Å². The first kappa shape index (κ1) is 15.2. The van der Waals surface area contributed by atoms with E-state index in [1.807, 2.05) is 11.0 Å². The van der Waals surface area contributed by atoms with Gasteiger partial charge in [-0.1, -0.05) is 6.07 Å². The molecule has 0 radical (unpaired) electrons. The van der Waals surface area contributed by atoms with Crippen molar-refractivity contribution < 1.29 is 9.59 Å². The summed E-state index contributed by atoms with van der Waals surface area (Å²) in [6.45, 7) is 2.33. The van der Waals surface area contributed by atoms with Crippen LogP contribution >= 0.6 is 0 Å². The van der Waals surface area contributed by atoms with Crippen molar-refractivity contribution in [2.24, 2.45) is 17.4 Å². The van der Waals surface area contributed by atoms with Crippen molar-refractivity contribution in [3.05, 3.63) is 23.9 Å². The molecule has 1 aromatic heterocycles. The van der Waals surface area contributed by atoms with E-state index in [-0.39, 0.29) is 17.5 Å². The summed E-state index contributed by atoms with van der Waals surface area (Å²) in [6, 6.07) is 5.16. The Bertz CT molecular complexity index is 520. The minimum atomic E-state index is -0.550. The van der Waals surface area contributed by atoms with Gasteiger partial charge >= 0.3 is 0 Å². The molecule has 0 aromatic carbocycles. The second-order valence-corrected chi connectivity index (χ2v) is 5.11. The number of nitrogens with zero attached hydrogens (tertiary/aromatic N) is 2. The van der Waals surface area contributed by atoms with Gasteiger partial charge in [-0.3, -0.25) is 9.59 Å². The number of rotatable bonds is 5. The molecule has 7 heteroatoms. The lowest BCUT2D eigenvalue weighted by atomic mass is 9.97. The maximum atomic E-state index is 12.0. The number of hydrogen-bond donors (Lipinski definition) is 3. The smallest absolute Gasteiger partial charge is 0.267 e. The molecule has 0 saturated carbocycles. The molecule has 2 amide bonds. The first-order valence-corrected chi connectivity index (χ1v) is 7.11. The van der Waals surface area contributed by atoms with Gasteiger partial charge in [0.1, 0.15) is 11.5 Å². The van der Waals surface area contributed by atoms with E-state index in [9.17, 15) is 9.59 Å².